The molecule has 1 aromatic heterocycles. The van der Waals surface area contributed by atoms with Gasteiger partial charge in [0.15, 0.2) is 11.5 Å². The molecule has 0 saturated carbocycles. The van der Waals surface area contributed by atoms with Crippen molar-refractivity contribution >= 4 is 11.0 Å². The van der Waals surface area contributed by atoms with Crippen LogP contribution in [0.4, 0.5) is 0 Å². The maximum absolute atomic E-state index is 6.09. The van der Waals surface area contributed by atoms with Crippen molar-refractivity contribution in [1.29, 1.82) is 0 Å². The van der Waals surface area contributed by atoms with E-state index in [4.69, 9.17) is 18.6 Å². The third kappa shape index (κ3) is 4.63. The number of hydrogen-bond acceptors (Lipinski definition) is 5. The summed E-state index contributed by atoms with van der Waals surface area (Å²) in [6.07, 6.45) is 2.86. The Labute approximate surface area is 178 Å². The first-order valence-electron chi connectivity index (χ1n) is 10.7. The second kappa shape index (κ2) is 9.11. The zero-order chi connectivity index (χ0) is 21.1. The van der Waals surface area contributed by atoms with Gasteiger partial charge in [0.2, 0.25) is 0 Å². The van der Waals surface area contributed by atoms with Crippen LogP contribution in [0.2, 0.25) is 0 Å². The van der Waals surface area contributed by atoms with Crippen molar-refractivity contribution in [1.82, 2.24) is 4.90 Å². The largest absolute Gasteiger partial charge is 0.493 e. The number of ether oxygens (including phenoxy) is 3. The highest BCUT2D eigenvalue weighted by molar-refractivity contribution is 5.83. The third-order valence-electron chi connectivity index (χ3n) is 5.68. The van der Waals surface area contributed by atoms with Gasteiger partial charge in [0.25, 0.3) is 0 Å². The van der Waals surface area contributed by atoms with Crippen LogP contribution < -0.4 is 9.47 Å². The zero-order valence-electron chi connectivity index (χ0n) is 18.3. The molecule has 5 nitrogen and oxygen atoms in total. The van der Waals surface area contributed by atoms with E-state index in [-0.39, 0.29) is 0 Å². The number of nitrogens with zero attached hydrogens (tertiary/aromatic N) is 1. The van der Waals surface area contributed by atoms with Gasteiger partial charge in [0.05, 0.1) is 26.4 Å². The Morgan fingerprint density at radius 2 is 1.70 bits per heavy atom. The lowest BCUT2D eigenvalue weighted by molar-refractivity contribution is -0.0680. The number of methoxy groups -OCH3 is 2. The van der Waals surface area contributed by atoms with Gasteiger partial charge < -0.3 is 18.6 Å². The molecular formula is C25H31NO4. The molecule has 1 fully saturated rings. The second-order valence-electron chi connectivity index (χ2n) is 8.17. The fourth-order valence-corrected chi connectivity index (χ4v) is 4.35. The number of benzene rings is 2. The van der Waals surface area contributed by atoms with Crippen molar-refractivity contribution in [2.45, 2.75) is 38.9 Å². The molecule has 1 saturated heterocycles. The molecule has 0 radical (unpaired) electrons. The van der Waals surface area contributed by atoms with Crippen LogP contribution in [0.5, 0.6) is 11.5 Å². The van der Waals surface area contributed by atoms with Gasteiger partial charge in [-0.2, -0.15) is 0 Å². The summed E-state index contributed by atoms with van der Waals surface area (Å²) in [6, 6.07) is 14.4. The lowest BCUT2D eigenvalue weighted by Gasteiger charge is -2.35. The van der Waals surface area contributed by atoms with E-state index in [0.29, 0.717) is 23.7 Å². The van der Waals surface area contributed by atoms with Crippen LogP contribution in [0.3, 0.4) is 0 Å². The first-order chi connectivity index (χ1) is 14.6. The van der Waals surface area contributed by atoms with Crippen molar-refractivity contribution in [2.24, 2.45) is 0 Å². The molecule has 30 heavy (non-hydrogen) atoms. The molecule has 0 bridgehead atoms. The van der Waals surface area contributed by atoms with Crippen molar-refractivity contribution < 1.29 is 18.6 Å². The summed E-state index contributed by atoms with van der Waals surface area (Å²) in [4.78, 5) is 2.52. The lowest BCUT2D eigenvalue weighted by atomic mass is 10.1. The molecule has 3 aromatic rings. The fourth-order valence-electron chi connectivity index (χ4n) is 4.35. The van der Waals surface area contributed by atoms with Crippen LogP contribution in [-0.2, 0) is 11.2 Å². The van der Waals surface area contributed by atoms with E-state index < -0.39 is 0 Å². The number of morpholine rings is 1. The minimum absolute atomic E-state index is 0.325. The first-order valence-corrected chi connectivity index (χ1v) is 10.7. The van der Waals surface area contributed by atoms with Gasteiger partial charge in [-0.25, -0.2) is 0 Å². The van der Waals surface area contributed by atoms with Gasteiger partial charge >= 0.3 is 0 Å². The number of rotatable bonds is 7. The summed E-state index contributed by atoms with van der Waals surface area (Å²) in [7, 11) is 3.28. The molecular weight excluding hydrogens is 378 g/mol. The first kappa shape index (κ1) is 20.8. The Bertz CT molecular complexity index is 986. The van der Waals surface area contributed by atoms with Crippen LogP contribution in [0.15, 0.2) is 46.9 Å². The molecule has 2 heterocycles. The highest BCUT2D eigenvalue weighted by atomic mass is 16.5. The van der Waals surface area contributed by atoms with Crippen LogP contribution in [0.1, 0.15) is 25.8 Å². The molecule has 1 aliphatic rings. The monoisotopic (exact) mass is 409 g/mol. The SMILES string of the molecule is COc1ccc(-c2cc3cc(CCCN4C[C@@H](C)O[C@@H](C)C4)ccc3o2)cc1OC. The highest BCUT2D eigenvalue weighted by Crippen LogP contribution is 2.35. The van der Waals surface area contributed by atoms with Crippen molar-refractivity contribution in [3.63, 3.8) is 0 Å². The van der Waals surface area contributed by atoms with Crippen LogP contribution in [-0.4, -0.2) is 51.0 Å². The zero-order valence-corrected chi connectivity index (χ0v) is 18.3. The van der Waals surface area contributed by atoms with Crippen molar-refractivity contribution in [2.75, 3.05) is 33.9 Å². The molecule has 0 unspecified atom stereocenters. The van der Waals surface area contributed by atoms with Gasteiger partial charge in [-0.05, 0) is 75.2 Å². The van der Waals surface area contributed by atoms with E-state index in [1.165, 1.54) is 5.56 Å². The molecule has 0 amide bonds. The average molecular weight is 410 g/mol. The average Bonchev–Trinajstić information content (AvgIpc) is 3.16. The quantitative estimate of drug-likeness (QED) is 0.539. The number of hydrogen-bond donors (Lipinski definition) is 0. The Balaban J connectivity index is 1.44. The van der Waals surface area contributed by atoms with Crippen LogP contribution >= 0.6 is 0 Å². The smallest absolute Gasteiger partial charge is 0.161 e. The van der Waals surface area contributed by atoms with E-state index in [1.807, 2.05) is 18.2 Å². The molecule has 2 aromatic carbocycles. The molecule has 160 valence electrons. The standard InChI is InChI=1S/C25H31NO4/c1-17-15-26(16-18(2)29-17)11-5-6-19-7-9-22-21(12-19)14-24(30-22)20-8-10-23(27-3)25(13-20)28-4/h7-10,12-14,17-18H,5-6,11,15-16H2,1-4H3/t17-,18+. The minimum Gasteiger partial charge on any atom is -0.493 e. The Hall–Kier alpha value is -2.50. The summed E-state index contributed by atoms with van der Waals surface area (Å²) < 4.78 is 22.7. The lowest BCUT2D eigenvalue weighted by Crippen LogP contribution is -2.45. The van der Waals surface area contributed by atoms with Crippen molar-refractivity contribution in [3.05, 3.63) is 48.0 Å². The third-order valence-corrected chi connectivity index (χ3v) is 5.68. The number of furan rings is 1. The van der Waals surface area contributed by atoms with Gasteiger partial charge in [0, 0.05) is 24.0 Å². The molecule has 0 N–H and O–H groups in total. The minimum atomic E-state index is 0.325. The normalized spacial score (nSPS) is 19.9. The summed E-state index contributed by atoms with van der Waals surface area (Å²) >= 11 is 0. The molecule has 4 rings (SSSR count). The predicted molar refractivity (Wildman–Crippen MR) is 120 cm³/mol. The molecule has 0 spiro atoms. The summed E-state index contributed by atoms with van der Waals surface area (Å²) in [5.74, 6) is 2.24. The van der Waals surface area contributed by atoms with E-state index in [1.54, 1.807) is 14.2 Å². The predicted octanol–water partition coefficient (Wildman–Crippen LogP) is 5.16. The topological polar surface area (TPSA) is 44.1 Å². The van der Waals surface area contributed by atoms with Gasteiger partial charge in [-0.15, -0.1) is 0 Å². The second-order valence-corrected chi connectivity index (χ2v) is 8.17. The van der Waals surface area contributed by atoms with Crippen LogP contribution in [0, 0.1) is 0 Å². The molecule has 5 heteroatoms. The maximum atomic E-state index is 6.09. The molecule has 0 aliphatic carbocycles. The number of fused-ring (bicyclic) bond motifs is 1. The fraction of sp³-hybridized carbons (Fsp3) is 0.440. The van der Waals surface area contributed by atoms with E-state index in [2.05, 4.69) is 43.0 Å². The summed E-state index contributed by atoms with van der Waals surface area (Å²) in [5.41, 5.74) is 3.22. The summed E-state index contributed by atoms with van der Waals surface area (Å²) in [5, 5.41) is 1.13. The van der Waals surface area contributed by atoms with Crippen molar-refractivity contribution in [3.8, 4) is 22.8 Å². The van der Waals surface area contributed by atoms with E-state index in [9.17, 15) is 0 Å². The summed E-state index contributed by atoms with van der Waals surface area (Å²) in [6.45, 7) is 7.48. The van der Waals surface area contributed by atoms with E-state index >= 15 is 0 Å². The number of aryl methyl sites for hydroxylation is 1. The van der Waals surface area contributed by atoms with Gasteiger partial charge in [0.1, 0.15) is 11.3 Å². The maximum Gasteiger partial charge on any atom is 0.161 e. The van der Waals surface area contributed by atoms with Crippen LogP contribution in [0.25, 0.3) is 22.3 Å². The Morgan fingerprint density at radius 3 is 2.43 bits per heavy atom. The Morgan fingerprint density at radius 1 is 0.933 bits per heavy atom. The molecule has 1 aliphatic heterocycles. The Kier molecular flexibility index (Phi) is 6.30. The molecule has 2 atom stereocenters. The highest BCUT2D eigenvalue weighted by Gasteiger charge is 2.21. The van der Waals surface area contributed by atoms with Gasteiger partial charge in [-0.3, -0.25) is 4.90 Å². The van der Waals surface area contributed by atoms with E-state index in [0.717, 1.165) is 54.8 Å². The van der Waals surface area contributed by atoms with Gasteiger partial charge in [-0.1, -0.05) is 6.07 Å².